The fourth-order valence-corrected chi connectivity index (χ4v) is 2.91. The Bertz CT molecular complexity index is 842. The van der Waals surface area contributed by atoms with Gasteiger partial charge in [-0.15, -0.1) is 0 Å². The maximum atomic E-state index is 13.8. The topological polar surface area (TPSA) is 43.1 Å². The third-order valence-corrected chi connectivity index (χ3v) is 4.31. The molecule has 134 valence electrons. The number of carbonyl (C=O) groups is 1. The Hall–Kier alpha value is -2.75. The van der Waals surface area contributed by atoms with Crippen LogP contribution < -0.4 is 0 Å². The Balaban J connectivity index is 1.41. The van der Waals surface area contributed by atoms with Crippen molar-refractivity contribution in [2.45, 2.75) is 38.5 Å². The first-order valence-electron chi connectivity index (χ1n) is 8.97. The SMILES string of the molecule is O=C(CCCCCc1ccccc1)Cc1ncc(-c2ccccc2F)o1. The van der Waals surface area contributed by atoms with E-state index < -0.39 is 0 Å². The first-order chi connectivity index (χ1) is 12.7. The monoisotopic (exact) mass is 351 g/mol. The van der Waals surface area contributed by atoms with E-state index in [0.29, 0.717) is 23.6 Å². The fraction of sp³-hybridized carbons (Fsp3) is 0.273. The number of carbonyl (C=O) groups excluding carboxylic acids is 1. The van der Waals surface area contributed by atoms with Crippen molar-refractivity contribution < 1.29 is 13.6 Å². The highest BCUT2D eigenvalue weighted by atomic mass is 19.1. The summed E-state index contributed by atoms with van der Waals surface area (Å²) in [5, 5.41) is 0. The van der Waals surface area contributed by atoms with Gasteiger partial charge in [-0.3, -0.25) is 4.79 Å². The van der Waals surface area contributed by atoms with E-state index >= 15 is 0 Å². The van der Waals surface area contributed by atoms with Crippen molar-refractivity contribution in [2.75, 3.05) is 0 Å². The zero-order valence-electron chi connectivity index (χ0n) is 14.7. The van der Waals surface area contributed by atoms with E-state index in [1.165, 1.54) is 17.8 Å². The van der Waals surface area contributed by atoms with Gasteiger partial charge in [0.15, 0.2) is 5.76 Å². The van der Waals surface area contributed by atoms with E-state index in [4.69, 9.17) is 4.42 Å². The summed E-state index contributed by atoms with van der Waals surface area (Å²) in [6, 6.07) is 16.7. The van der Waals surface area contributed by atoms with Crippen LogP contribution in [0.2, 0.25) is 0 Å². The number of aryl methyl sites for hydroxylation is 1. The number of rotatable bonds is 9. The van der Waals surface area contributed by atoms with Crippen molar-refractivity contribution >= 4 is 5.78 Å². The minimum atomic E-state index is -0.361. The molecule has 0 saturated carbocycles. The van der Waals surface area contributed by atoms with Crippen molar-refractivity contribution in [2.24, 2.45) is 0 Å². The van der Waals surface area contributed by atoms with E-state index in [1.54, 1.807) is 18.2 Å². The van der Waals surface area contributed by atoms with E-state index in [2.05, 4.69) is 17.1 Å². The standard InChI is InChI=1S/C22H22FNO2/c23-20-14-8-7-13-19(20)21-16-24-22(26-21)15-18(25)12-6-2-5-11-17-9-3-1-4-10-17/h1,3-4,7-10,13-14,16H,2,5-6,11-12,15H2. The van der Waals surface area contributed by atoms with Crippen molar-refractivity contribution in [3.8, 4) is 11.3 Å². The summed E-state index contributed by atoms with van der Waals surface area (Å²) in [6.07, 6.45) is 6.16. The van der Waals surface area contributed by atoms with Crippen LogP contribution in [0.1, 0.15) is 37.1 Å². The predicted octanol–water partition coefficient (Wildman–Crippen LogP) is 5.40. The summed E-state index contributed by atoms with van der Waals surface area (Å²) in [7, 11) is 0. The van der Waals surface area contributed by atoms with Crippen LogP contribution in [0.25, 0.3) is 11.3 Å². The molecule has 3 nitrogen and oxygen atoms in total. The zero-order chi connectivity index (χ0) is 18.2. The Morgan fingerprint density at radius 1 is 0.962 bits per heavy atom. The van der Waals surface area contributed by atoms with Crippen LogP contribution in [0.15, 0.2) is 65.2 Å². The van der Waals surface area contributed by atoms with E-state index in [1.807, 2.05) is 18.2 Å². The molecule has 0 aliphatic carbocycles. The molecular formula is C22H22FNO2. The molecule has 0 saturated heterocycles. The Kier molecular flexibility index (Phi) is 6.31. The van der Waals surface area contributed by atoms with Crippen LogP contribution in [0.5, 0.6) is 0 Å². The number of nitrogens with zero attached hydrogens (tertiary/aromatic N) is 1. The maximum absolute atomic E-state index is 13.8. The Morgan fingerprint density at radius 3 is 2.54 bits per heavy atom. The second-order valence-electron chi connectivity index (χ2n) is 6.36. The second kappa shape index (κ2) is 9.09. The molecule has 1 aromatic heterocycles. The molecular weight excluding hydrogens is 329 g/mol. The molecule has 0 aliphatic heterocycles. The van der Waals surface area contributed by atoms with Crippen molar-refractivity contribution in [3.63, 3.8) is 0 Å². The smallest absolute Gasteiger partial charge is 0.202 e. The highest BCUT2D eigenvalue weighted by Gasteiger charge is 2.13. The highest BCUT2D eigenvalue weighted by Crippen LogP contribution is 2.23. The molecule has 0 amide bonds. The predicted molar refractivity (Wildman–Crippen MR) is 99.2 cm³/mol. The van der Waals surface area contributed by atoms with Gasteiger partial charge in [0.05, 0.1) is 18.2 Å². The molecule has 0 radical (unpaired) electrons. The average Bonchev–Trinajstić information content (AvgIpc) is 3.11. The number of ketones is 1. The normalized spacial score (nSPS) is 10.8. The molecule has 3 aromatic rings. The fourth-order valence-electron chi connectivity index (χ4n) is 2.91. The van der Waals surface area contributed by atoms with Gasteiger partial charge in [0, 0.05) is 6.42 Å². The van der Waals surface area contributed by atoms with Crippen LogP contribution in [0.3, 0.4) is 0 Å². The lowest BCUT2D eigenvalue weighted by Gasteiger charge is -2.01. The third-order valence-electron chi connectivity index (χ3n) is 4.31. The zero-order valence-corrected chi connectivity index (χ0v) is 14.7. The molecule has 0 aliphatic rings. The molecule has 26 heavy (non-hydrogen) atoms. The molecule has 0 spiro atoms. The summed E-state index contributed by atoms with van der Waals surface area (Å²) < 4.78 is 19.3. The third kappa shape index (κ3) is 5.12. The van der Waals surface area contributed by atoms with Gasteiger partial charge >= 0.3 is 0 Å². The maximum Gasteiger partial charge on any atom is 0.202 e. The lowest BCUT2D eigenvalue weighted by molar-refractivity contribution is -0.118. The molecule has 0 atom stereocenters. The quantitative estimate of drug-likeness (QED) is 0.485. The van der Waals surface area contributed by atoms with Gasteiger partial charge in [0.2, 0.25) is 5.89 Å². The van der Waals surface area contributed by atoms with Crippen LogP contribution >= 0.6 is 0 Å². The van der Waals surface area contributed by atoms with Crippen molar-refractivity contribution in [1.29, 1.82) is 0 Å². The first-order valence-corrected chi connectivity index (χ1v) is 8.97. The molecule has 2 aromatic carbocycles. The molecule has 4 heteroatoms. The van der Waals surface area contributed by atoms with Crippen LogP contribution in [-0.2, 0) is 17.6 Å². The van der Waals surface area contributed by atoms with Gasteiger partial charge in [0.25, 0.3) is 0 Å². The average molecular weight is 351 g/mol. The molecule has 0 bridgehead atoms. The van der Waals surface area contributed by atoms with E-state index in [-0.39, 0.29) is 18.0 Å². The van der Waals surface area contributed by atoms with Gasteiger partial charge in [-0.1, -0.05) is 48.9 Å². The summed E-state index contributed by atoms with van der Waals surface area (Å²) in [4.78, 5) is 16.2. The van der Waals surface area contributed by atoms with E-state index in [9.17, 15) is 9.18 Å². The number of hydrogen-bond acceptors (Lipinski definition) is 3. The summed E-state index contributed by atoms with van der Waals surface area (Å²) in [6.45, 7) is 0. The van der Waals surface area contributed by atoms with Crippen molar-refractivity contribution in [3.05, 3.63) is 78.1 Å². The van der Waals surface area contributed by atoms with Gasteiger partial charge < -0.3 is 4.42 Å². The second-order valence-corrected chi connectivity index (χ2v) is 6.36. The Morgan fingerprint density at radius 2 is 1.73 bits per heavy atom. The van der Waals surface area contributed by atoms with Gasteiger partial charge in [0.1, 0.15) is 11.6 Å². The van der Waals surface area contributed by atoms with Crippen molar-refractivity contribution in [1.82, 2.24) is 4.98 Å². The molecule has 0 fully saturated rings. The number of halogens is 1. The number of hydrogen-bond donors (Lipinski definition) is 0. The lowest BCUT2D eigenvalue weighted by Crippen LogP contribution is -2.02. The molecule has 3 rings (SSSR count). The minimum absolute atomic E-state index is 0.103. The van der Waals surface area contributed by atoms with Crippen LogP contribution in [-0.4, -0.2) is 10.8 Å². The van der Waals surface area contributed by atoms with Gasteiger partial charge in [-0.05, 0) is 37.0 Å². The van der Waals surface area contributed by atoms with Crippen LogP contribution in [0, 0.1) is 5.82 Å². The number of Topliss-reactive ketones (excluding diaryl/α,β-unsaturated/α-hetero) is 1. The molecule has 0 unspecified atom stereocenters. The van der Waals surface area contributed by atoms with E-state index in [0.717, 1.165) is 25.7 Å². The lowest BCUT2D eigenvalue weighted by atomic mass is 10.0. The Labute approximate surface area is 152 Å². The minimum Gasteiger partial charge on any atom is -0.440 e. The summed E-state index contributed by atoms with van der Waals surface area (Å²) in [5.74, 6) is 0.442. The number of aromatic nitrogens is 1. The number of oxazole rings is 1. The van der Waals surface area contributed by atoms with Crippen LogP contribution in [0.4, 0.5) is 4.39 Å². The summed E-state index contributed by atoms with van der Waals surface area (Å²) in [5.41, 5.74) is 1.69. The highest BCUT2D eigenvalue weighted by molar-refractivity contribution is 5.80. The summed E-state index contributed by atoms with van der Waals surface area (Å²) >= 11 is 0. The number of unbranched alkanes of at least 4 members (excludes halogenated alkanes) is 2. The number of benzene rings is 2. The largest absolute Gasteiger partial charge is 0.440 e. The van der Waals surface area contributed by atoms with Gasteiger partial charge in [-0.25, -0.2) is 9.37 Å². The molecule has 1 heterocycles. The van der Waals surface area contributed by atoms with Gasteiger partial charge in [-0.2, -0.15) is 0 Å². The first kappa shape index (κ1) is 18.1. The molecule has 0 N–H and O–H groups in total.